The molecule has 0 N–H and O–H groups in total. The highest BCUT2D eigenvalue weighted by Crippen LogP contribution is 2.34. The summed E-state index contributed by atoms with van der Waals surface area (Å²) in [6.45, 7) is 10.0. The van der Waals surface area contributed by atoms with Gasteiger partial charge in [-0.2, -0.15) is 0 Å². The molecule has 0 fully saturated rings. The standard InChI is InChI=1S/C17H18ClFN2O2/c1-5-21(9-10(2)3)17(22)14-11(4)23-20-16(14)15-12(18)7-6-8-13(15)19/h6-8H,2,5,9H2,1,3-4H3. The predicted molar refractivity (Wildman–Crippen MR) is 88.0 cm³/mol. The van der Waals surface area contributed by atoms with Crippen LogP contribution in [-0.4, -0.2) is 29.1 Å². The fourth-order valence-electron chi connectivity index (χ4n) is 2.33. The van der Waals surface area contributed by atoms with Crippen LogP contribution >= 0.6 is 11.6 Å². The van der Waals surface area contributed by atoms with Gasteiger partial charge in [-0.3, -0.25) is 4.79 Å². The molecule has 0 aliphatic rings. The zero-order chi connectivity index (χ0) is 17.1. The van der Waals surface area contributed by atoms with E-state index in [0.29, 0.717) is 18.8 Å². The minimum absolute atomic E-state index is 0.0701. The van der Waals surface area contributed by atoms with Crippen molar-refractivity contribution in [1.29, 1.82) is 0 Å². The van der Waals surface area contributed by atoms with Crippen molar-refractivity contribution in [2.75, 3.05) is 13.1 Å². The van der Waals surface area contributed by atoms with Crippen LogP contribution in [0.15, 0.2) is 34.9 Å². The van der Waals surface area contributed by atoms with Crippen molar-refractivity contribution < 1.29 is 13.7 Å². The molecule has 0 bridgehead atoms. The number of amides is 1. The molecule has 0 unspecified atom stereocenters. The summed E-state index contributed by atoms with van der Waals surface area (Å²) in [6, 6.07) is 4.31. The molecule has 2 rings (SSSR count). The lowest BCUT2D eigenvalue weighted by Crippen LogP contribution is -2.32. The van der Waals surface area contributed by atoms with E-state index in [1.54, 1.807) is 17.9 Å². The van der Waals surface area contributed by atoms with Crippen LogP contribution in [0.2, 0.25) is 5.02 Å². The van der Waals surface area contributed by atoms with Crippen molar-refractivity contribution in [2.45, 2.75) is 20.8 Å². The Hall–Kier alpha value is -2.14. The average Bonchev–Trinajstić information content (AvgIpc) is 2.85. The van der Waals surface area contributed by atoms with Gasteiger partial charge in [-0.25, -0.2) is 4.39 Å². The monoisotopic (exact) mass is 336 g/mol. The van der Waals surface area contributed by atoms with Crippen molar-refractivity contribution >= 4 is 17.5 Å². The molecule has 122 valence electrons. The maximum Gasteiger partial charge on any atom is 0.260 e. The number of hydrogen-bond donors (Lipinski definition) is 0. The molecule has 0 saturated heterocycles. The van der Waals surface area contributed by atoms with Crippen molar-refractivity contribution in [3.05, 3.63) is 52.5 Å². The van der Waals surface area contributed by atoms with Gasteiger partial charge in [-0.1, -0.05) is 35.0 Å². The second kappa shape index (κ2) is 6.96. The first-order chi connectivity index (χ1) is 10.9. The zero-order valence-corrected chi connectivity index (χ0v) is 14.1. The number of hydrogen-bond acceptors (Lipinski definition) is 3. The fourth-order valence-corrected chi connectivity index (χ4v) is 2.58. The molecule has 1 heterocycles. The lowest BCUT2D eigenvalue weighted by molar-refractivity contribution is 0.0777. The Kier molecular flexibility index (Phi) is 5.21. The minimum Gasteiger partial charge on any atom is -0.360 e. The Labute approximate surface area is 139 Å². The normalized spacial score (nSPS) is 10.7. The number of aryl methyl sites for hydroxylation is 1. The third-order valence-electron chi connectivity index (χ3n) is 3.41. The SMILES string of the molecule is C=C(C)CN(CC)C(=O)c1c(-c2c(F)cccc2Cl)noc1C. The molecule has 0 radical (unpaired) electrons. The third kappa shape index (κ3) is 3.45. The van der Waals surface area contributed by atoms with Gasteiger partial charge in [0.1, 0.15) is 22.8 Å². The second-order valence-electron chi connectivity index (χ2n) is 5.34. The second-order valence-corrected chi connectivity index (χ2v) is 5.74. The van der Waals surface area contributed by atoms with Crippen molar-refractivity contribution in [1.82, 2.24) is 10.1 Å². The summed E-state index contributed by atoms with van der Waals surface area (Å²) >= 11 is 6.09. The van der Waals surface area contributed by atoms with Gasteiger partial charge in [0, 0.05) is 13.1 Å². The van der Waals surface area contributed by atoms with E-state index in [1.165, 1.54) is 12.1 Å². The van der Waals surface area contributed by atoms with Crippen molar-refractivity contribution in [2.24, 2.45) is 0 Å². The van der Waals surface area contributed by atoms with E-state index in [4.69, 9.17) is 16.1 Å². The van der Waals surface area contributed by atoms with E-state index < -0.39 is 5.82 Å². The summed E-state index contributed by atoms with van der Waals surface area (Å²) in [6.07, 6.45) is 0. The summed E-state index contributed by atoms with van der Waals surface area (Å²) in [4.78, 5) is 14.4. The van der Waals surface area contributed by atoms with Crippen LogP contribution in [0, 0.1) is 12.7 Å². The van der Waals surface area contributed by atoms with E-state index in [9.17, 15) is 9.18 Å². The number of rotatable bonds is 5. The molecule has 1 aromatic carbocycles. The molecule has 4 nitrogen and oxygen atoms in total. The van der Waals surface area contributed by atoms with Gasteiger partial charge in [0.25, 0.3) is 5.91 Å². The van der Waals surface area contributed by atoms with Gasteiger partial charge in [0.05, 0.1) is 10.6 Å². The molecule has 2 aromatic rings. The highest BCUT2D eigenvalue weighted by Gasteiger charge is 2.28. The molecular weight excluding hydrogens is 319 g/mol. The van der Waals surface area contributed by atoms with Crippen LogP contribution in [0.3, 0.4) is 0 Å². The van der Waals surface area contributed by atoms with Gasteiger partial charge in [-0.15, -0.1) is 0 Å². The smallest absolute Gasteiger partial charge is 0.260 e. The van der Waals surface area contributed by atoms with E-state index in [1.807, 2.05) is 13.8 Å². The number of halogens is 2. The number of aromatic nitrogens is 1. The topological polar surface area (TPSA) is 46.3 Å². The Morgan fingerprint density at radius 2 is 2.17 bits per heavy atom. The molecular formula is C17H18ClFN2O2. The lowest BCUT2D eigenvalue weighted by atomic mass is 10.0. The highest BCUT2D eigenvalue weighted by atomic mass is 35.5. The van der Waals surface area contributed by atoms with Crippen LogP contribution < -0.4 is 0 Å². The molecule has 23 heavy (non-hydrogen) atoms. The molecule has 0 atom stereocenters. The van der Waals surface area contributed by atoms with E-state index >= 15 is 0 Å². The predicted octanol–water partition coefficient (Wildman–Crippen LogP) is 4.48. The molecule has 0 saturated carbocycles. The minimum atomic E-state index is -0.553. The lowest BCUT2D eigenvalue weighted by Gasteiger charge is -2.21. The molecule has 0 aliphatic heterocycles. The maximum atomic E-state index is 14.2. The Morgan fingerprint density at radius 1 is 1.48 bits per heavy atom. The Balaban J connectivity index is 2.55. The number of carbonyl (C=O) groups is 1. The van der Waals surface area contributed by atoms with Gasteiger partial charge in [0.2, 0.25) is 0 Å². The molecule has 1 aromatic heterocycles. The first kappa shape index (κ1) is 17.2. The summed E-state index contributed by atoms with van der Waals surface area (Å²) < 4.78 is 19.3. The first-order valence-electron chi connectivity index (χ1n) is 7.21. The number of benzene rings is 1. The Morgan fingerprint density at radius 3 is 2.74 bits per heavy atom. The van der Waals surface area contributed by atoms with Gasteiger partial charge < -0.3 is 9.42 Å². The first-order valence-corrected chi connectivity index (χ1v) is 7.58. The van der Waals surface area contributed by atoms with Crippen molar-refractivity contribution in [3.63, 3.8) is 0 Å². The number of likely N-dealkylation sites (N-methyl/N-ethyl adjacent to an activating group) is 1. The van der Waals surface area contributed by atoms with Gasteiger partial charge in [0.15, 0.2) is 0 Å². The number of carbonyl (C=O) groups excluding carboxylic acids is 1. The summed E-state index contributed by atoms with van der Waals surface area (Å²) in [7, 11) is 0. The molecule has 0 spiro atoms. The van der Waals surface area contributed by atoms with Gasteiger partial charge >= 0.3 is 0 Å². The molecule has 6 heteroatoms. The average molecular weight is 337 g/mol. The maximum absolute atomic E-state index is 14.2. The fraction of sp³-hybridized carbons (Fsp3) is 0.294. The molecule has 1 amide bonds. The number of nitrogens with zero attached hydrogens (tertiary/aromatic N) is 2. The molecule has 0 aliphatic carbocycles. The van der Waals surface area contributed by atoms with E-state index in [0.717, 1.165) is 5.57 Å². The highest BCUT2D eigenvalue weighted by molar-refractivity contribution is 6.33. The van der Waals surface area contributed by atoms with Crippen LogP contribution in [-0.2, 0) is 0 Å². The summed E-state index contributed by atoms with van der Waals surface area (Å²) in [5.41, 5.74) is 1.26. The quantitative estimate of drug-likeness (QED) is 0.756. The Bertz CT molecular complexity index is 735. The summed E-state index contributed by atoms with van der Waals surface area (Å²) in [5.74, 6) is -0.518. The van der Waals surface area contributed by atoms with Crippen LogP contribution in [0.5, 0.6) is 0 Å². The van der Waals surface area contributed by atoms with Crippen molar-refractivity contribution in [3.8, 4) is 11.3 Å². The largest absolute Gasteiger partial charge is 0.360 e. The van der Waals surface area contributed by atoms with Crippen LogP contribution in [0.25, 0.3) is 11.3 Å². The zero-order valence-electron chi connectivity index (χ0n) is 13.3. The summed E-state index contributed by atoms with van der Waals surface area (Å²) in [5, 5.41) is 4.03. The van der Waals surface area contributed by atoms with Crippen LogP contribution in [0.4, 0.5) is 4.39 Å². The van der Waals surface area contributed by atoms with Gasteiger partial charge in [-0.05, 0) is 32.9 Å². The van der Waals surface area contributed by atoms with E-state index in [2.05, 4.69) is 11.7 Å². The van der Waals surface area contributed by atoms with Crippen LogP contribution in [0.1, 0.15) is 30.0 Å². The van der Waals surface area contributed by atoms with E-state index in [-0.39, 0.29) is 27.8 Å². The third-order valence-corrected chi connectivity index (χ3v) is 3.72.